The summed E-state index contributed by atoms with van der Waals surface area (Å²) >= 11 is 6.11. The molecule has 1 N–H and O–H groups in total. The molecule has 0 aliphatic rings. The van der Waals surface area contributed by atoms with Crippen molar-refractivity contribution in [2.75, 3.05) is 20.8 Å². The molecule has 0 atom stereocenters. The quantitative estimate of drug-likeness (QED) is 0.667. The molecule has 0 radical (unpaired) electrons. The normalized spacial score (nSPS) is 10.8. The maximum Gasteiger partial charge on any atom is 0.160 e. The highest BCUT2D eigenvalue weighted by Gasteiger charge is 2.07. The van der Waals surface area contributed by atoms with E-state index in [0.29, 0.717) is 11.6 Å². The van der Waals surface area contributed by atoms with Gasteiger partial charge in [0.15, 0.2) is 11.5 Å². The number of benzene rings is 2. The van der Waals surface area contributed by atoms with Gasteiger partial charge in [-0.15, -0.1) is 0 Å². The lowest BCUT2D eigenvalue weighted by molar-refractivity contribution is 0.239. The van der Waals surface area contributed by atoms with Crippen molar-refractivity contribution < 1.29 is 14.2 Å². The van der Waals surface area contributed by atoms with Gasteiger partial charge < -0.3 is 19.5 Å². The van der Waals surface area contributed by atoms with Crippen LogP contribution in [0.1, 0.15) is 25.0 Å². The molecule has 0 aliphatic heterocycles. The maximum absolute atomic E-state index is 6.11. The molecule has 0 unspecified atom stereocenters. The van der Waals surface area contributed by atoms with E-state index >= 15 is 0 Å². The minimum atomic E-state index is 0.131. The second-order valence-corrected chi connectivity index (χ2v) is 6.47. The minimum absolute atomic E-state index is 0.131. The summed E-state index contributed by atoms with van der Waals surface area (Å²) in [6, 6.07) is 11.7. The Morgan fingerprint density at radius 3 is 2.36 bits per heavy atom. The Balaban J connectivity index is 1.92. The van der Waals surface area contributed by atoms with Gasteiger partial charge in [0.25, 0.3) is 0 Å². The monoisotopic (exact) mass is 363 g/mol. The standard InChI is InChI=1S/C20H26ClNO3/c1-14(2)25-18-8-6-17(21)12-16(18)13-22-10-9-15-5-7-19(23-3)20(11-15)24-4/h5-8,11-12,14,22H,9-10,13H2,1-4H3. The second kappa shape index (κ2) is 9.54. The first-order chi connectivity index (χ1) is 12.0. The average Bonchev–Trinajstić information content (AvgIpc) is 2.60. The SMILES string of the molecule is COc1ccc(CCNCc2cc(Cl)ccc2OC(C)C)cc1OC. The van der Waals surface area contributed by atoms with Gasteiger partial charge in [-0.25, -0.2) is 0 Å². The number of halogens is 1. The topological polar surface area (TPSA) is 39.7 Å². The van der Waals surface area contributed by atoms with Gasteiger partial charge in [0, 0.05) is 17.1 Å². The van der Waals surface area contributed by atoms with Gasteiger partial charge in [-0.1, -0.05) is 17.7 Å². The third-order valence-electron chi connectivity index (χ3n) is 3.74. The van der Waals surface area contributed by atoms with Crippen LogP contribution in [0.25, 0.3) is 0 Å². The van der Waals surface area contributed by atoms with Gasteiger partial charge in [0.2, 0.25) is 0 Å². The van der Waals surface area contributed by atoms with Crippen molar-refractivity contribution in [1.29, 1.82) is 0 Å². The Morgan fingerprint density at radius 1 is 0.960 bits per heavy atom. The number of methoxy groups -OCH3 is 2. The van der Waals surface area contributed by atoms with Crippen molar-refractivity contribution in [2.45, 2.75) is 32.9 Å². The summed E-state index contributed by atoms with van der Waals surface area (Å²) in [6.45, 7) is 5.57. The van der Waals surface area contributed by atoms with Crippen molar-refractivity contribution in [3.63, 3.8) is 0 Å². The number of rotatable bonds is 9. The van der Waals surface area contributed by atoms with Crippen molar-refractivity contribution in [1.82, 2.24) is 5.32 Å². The van der Waals surface area contributed by atoms with Gasteiger partial charge in [-0.3, -0.25) is 0 Å². The summed E-state index contributed by atoms with van der Waals surface area (Å²) in [5, 5.41) is 4.16. The molecule has 0 heterocycles. The first-order valence-electron chi connectivity index (χ1n) is 8.40. The smallest absolute Gasteiger partial charge is 0.160 e. The highest BCUT2D eigenvalue weighted by Crippen LogP contribution is 2.27. The Labute approximate surface area is 155 Å². The maximum atomic E-state index is 6.11. The molecule has 4 nitrogen and oxygen atoms in total. The van der Waals surface area contributed by atoms with E-state index in [-0.39, 0.29) is 6.10 Å². The Bertz CT molecular complexity index is 689. The van der Waals surface area contributed by atoms with Crippen LogP contribution in [-0.2, 0) is 13.0 Å². The number of hydrogen-bond acceptors (Lipinski definition) is 4. The van der Waals surface area contributed by atoms with Crippen molar-refractivity contribution in [3.8, 4) is 17.2 Å². The van der Waals surface area contributed by atoms with Crippen molar-refractivity contribution >= 4 is 11.6 Å². The molecule has 25 heavy (non-hydrogen) atoms. The molecule has 0 bridgehead atoms. The second-order valence-electron chi connectivity index (χ2n) is 6.03. The van der Waals surface area contributed by atoms with Crippen molar-refractivity contribution in [3.05, 3.63) is 52.5 Å². The fourth-order valence-electron chi connectivity index (χ4n) is 2.55. The van der Waals surface area contributed by atoms with Gasteiger partial charge in [-0.05, 0) is 62.7 Å². The Kier molecular flexibility index (Phi) is 7.41. The molecule has 0 aliphatic carbocycles. The molecule has 0 amide bonds. The van der Waals surface area contributed by atoms with E-state index in [0.717, 1.165) is 35.8 Å². The molecule has 0 aromatic heterocycles. The van der Waals surface area contributed by atoms with Gasteiger partial charge in [0.1, 0.15) is 5.75 Å². The fourth-order valence-corrected chi connectivity index (χ4v) is 2.74. The lowest BCUT2D eigenvalue weighted by Gasteiger charge is -2.15. The summed E-state index contributed by atoms with van der Waals surface area (Å²) in [7, 11) is 3.29. The van der Waals surface area contributed by atoms with Crippen LogP contribution in [-0.4, -0.2) is 26.9 Å². The zero-order valence-electron chi connectivity index (χ0n) is 15.3. The van der Waals surface area contributed by atoms with E-state index in [1.54, 1.807) is 14.2 Å². The summed E-state index contributed by atoms with van der Waals surface area (Å²) in [4.78, 5) is 0. The van der Waals surface area contributed by atoms with E-state index in [1.165, 1.54) is 5.56 Å². The van der Waals surface area contributed by atoms with Gasteiger partial charge >= 0.3 is 0 Å². The summed E-state index contributed by atoms with van der Waals surface area (Å²) in [5.74, 6) is 2.37. The zero-order valence-corrected chi connectivity index (χ0v) is 16.0. The van der Waals surface area contributed by atoms with Crippen LogP contribution in [0.4, 0.5) is 0 Å². The van der Waals surface area contributed by atoms with Crippen molar-refractivity contribution in [2.24, 2.45) is 0 Å². The molecule has 2 aromatic rings. The molecule has 2 rings (SSSR count). The Morgan fingerprint density at radius 2 is 1.68 bits per heavy atom. The van der Waals surface area contributed by atoms with E-state index < -0.39 is 0 Å². The lowest BCUT2D eigenvalue weighted by Crippen LogP contribution is -2.18. The predicted octanol–water partition coefficient (Wildman–Crippen LogP) is 4.48. The molecule has 0 fully saturated rings. The van der Waals surface area contributed by atoms with E-state index in [9.17, 15) is 0 Å². The molecular formula is C20H26ClNO3. The summed E-state index contributed by atoms with van der Waals surface area (Å²) in [5.41, 5.74) is 2.25. The summed E-state index contributed by atoms with van der Waals surface area (Å²) < 4.78 is 16.4. The van der Waals surface area contributed by atoms with E-state index in [2.05, 4.69) is 11.4 Å². The zero-order chi connectivity index (χ0) is 18.2. The first-order valence-corrected chi connectivity index (χ1v) is 8.78. The molecule has 2 aromatic carbocycles. The van der Waals surface area contributed by atoms with E-state index in [1.807, 2.05) is 44.2 Å². The van der Waals surface area contributed by atoms with Crippen LogP contribution in [0.3, 0.4) is 0 Å². The first kappa shape index (κ1) is 19.4. The third-order valence-corrected chi connectivity index (χ3v) is 3.97. The molecule has 136 valence electrons. The lowest BCUT2D eigenvalue weighted by atomic mass is 10.1. The highest BCUT2D eigenvalue weighted by atomic mass is 35.5. The van der Waals surface area contributed by atoms with Crippen LogP contribution in [0.15, 0.2) is 36.4 Å². The van der Waals surface area contributed by atoms with Crippen LogP contribution in [0, 0.1) is 0 Å². The van der Waals surface area contributed by atoms with Gasteiger partial charge in [-0.2, -0.15) is 0 Å². The summed E-state index contributed by atoms with van der Waals surface area (Å²) in [6.07, 6.45) is 1.02. The molecular weight excluding hydrogens is 338 g/mol. The average molecular weight is 364 g/mol. The minimum Gasteiger partial charge on any atom is -0.493 e. The molecule has 0 saturated heterocycles. The van der Waals surface area contributed by atoms with Gasteiger partial charge in [0.05, 0.1) is 20.3 Å². The number of hydrogen-bond donors (Lipinski definition) is 1. The van der Waals surface area contributed by atoms with Crippen LogP contribution in [0.5, 0.6) is 17.2 Å². The van der Waals surface area contributed by atoms with Crippen LogP contribution >= 0.6 is 11.6 Å². The fraction of sp³-hybridized carbons (Fsp3) is 0.400. The predicted molar refractivity (Wildman–Crippen MR) is 102 cm³/mol. The van der Waals surface area contributed by atoms with Crippen LogP contribution in [0.2, 0.25) is 5.02 Å². The van der Waals surface area contributed by atoms with Crippen LogP contribution < -0.4 is 19.5 Å². The molecule has 0 spiro atoms. The highest BCUT2D eigenvalue weighted by molar-refractivity contribution is 6.30. The number of ether oxygens (including phenoxy) is 3. The number of nitrogens with one attached hydrogen (secondary N) is 1. The van der Waals surface area contributed by atoms with E-state index in [4.69, 9.17) is 25.8 Å². The largest absolute Gasteiger partial charge is 0.493 e. The Hall–Kier alpha value is -1.91. The third kappa shape index (κ3) is 5.83. The molecule has 5 heteroatoms. The molecule has 0 saturated carbocycles.